The number of carbonyl (C=O) groups is 2. The van der Waals surface area contributed by atoms with Crippen molar-refractivity contribution in [2.24, 2.45) is 5.73 Å². The summed E-state index contributed by atoms with van der Waals surface area (Å²) in [4.78, 5) is 30.0. The predicted molar refractivity (Wildman–Crippen MR) is 159 cm³/mol. The second-order valence-electron chi connectivity index (χ2n) is 9.63. The molecule has 0 aliphatic heterocycles. The molecule has 0 bridgehead atoms. The van der Waals surface area contributed by atoms with Crippen LogP contribution in [0.15, 0.2) is 71.5 Å². The Hall–Kier alpha value is -3.44. The van der Waals surface area contributed by atoms with Crippen LogP contribution in [0.1, 0.15) is 29.8 Å². The van der Waals surface area contributed by atoms with E-state index in [0.29, 0.717) is 22.8 Å². The number of pyridine rings is 1. The molecule has 4 aromatic rings. The van der Waals surface area contributed by atoms with Crippen LogP contribution in [0.2, 0.25) is 5.02 Å². The maximum absolute atomic E-state index is 13.1. The van der Waals surface area contributed by atoms with Gasteiger partial charge >= 0.3 is 0 Å². The number of benzene rings is 2. The molecule has 0 fully saturated rings. The Morgan fingerprint density at radius 3 is 2.58 bits per heavy atom. The van der Waals surface area contributed by atoms with Gasteiger partial charge in [0.15, 0.2) is 5.65 Å². The van der Waals surface area contributed by atoms with Crippen LogP contribution >= 0.6 is 27.5 Å². The van der Waals surface area contributed by atoms with Crippen molar-refractivity contribution < 1.29 is 19.4 Å². The summed E-state index contributed by atoms with van der Waals surface area (Å²) in [6.07, 6.45) is 4.27. The zero-order valence-electron chi connectivity index (χ0n) is 22.1. The van der Waals surface area contributed by atoms with Crippen LogP contribution in [-0.2, 0) is 11.2 Å². The molecule has 9 nitrogen and oxygen atoms in total. The summed E-state index contributed by atoms with van der Waals surface area (Å²) in [5, 5.41) is 15.2. The normalized spacial score (nSPS) is 12.8. The summed E-state index contributed by atoms with van der Waals surface area (Å²) in [6, 6.07) is 15.1. The molecule has 0 aliphatic rings. The summed E-state index contributed by atoms with van der Waals surface area (Å²) in [5.41, 5.74) is 9.54. The van der Waals surface area contributed by atoms with E-state index in [1.807, 2.05) is 67.0 Å². The fourth-order valence-corrected chi connectivity index (χ4v) is 4.76. The van der Waals surface area contributed by atoms with Crippen molar-refractivity contribution in [1.29, 1.82) is 0 Å². The van der Waals surface area contributed by atoms with Crippen LogP contribution in [0.5, 0.6) is 5.75 Å². The minimum Gasteiger partial charge on any atom is -0.489 e. The second-order valence-corrected chi connectivity index (χ2v) is 10.9. The first-order valence-corrected chi connectivity index (χ1v) is 14.0. The van der Waals surface area contributed by atoms with E-state index < -0.39 is 24.6 Å². The molecule has 4 rings (SSSR count). The molecule has 2 atom stereocenters. The van der Waals surface area contributed by atoms with Gasteiger partial charge in [-0.25, -0.2) is 4.98 Å². The highest BCUT2D eigenvalue weighted by Crippen LogP contribution is 2.27. The Morgan fingerprint density at radius 1 is 1.18 bits per heavy atom. The Kier molecular flexibility index (Phi) is 9.80. The van der Waals surface area contributed by atoms with E-state index in [-0.39, 0.29) is 18.6 Å². The number of aliphatic hydroxyl groups excluding tert-OH is 1. The molecule has 40 heavy (non-hydrogen) atoms. The van der Waals surface area contributed by atoms with Crippen LogP contribution in [0, 0.1) is 0 Å². The molecule has 5 N–H and O–H groups in total. The van der Waals surface area contributed by atoms with Crippen molar-refractivity contribution >= 4 is 45.0 Å². The topological polar surface area (TPSA) is 131 Å². The molecule has 2 heterocycles. The van der Waals surface area contributed by atoms with Gasteiger partial charge in [0.2, 0.25) is 5.91 Å². The first-order valence-electron chi connectivity index (χ1n) is 12.8. The number of aliphatic hydroxyl groups is 1. The van der Waals surface area contributed by atoms with E-state index in [0.717, 1.165) is 26.9 Å². The number of imidazole rings is 1. The highest BCUT2D eigenvalue weighted by Gasteiger charge is 2.19. The highest BCUT2D eigenvalue weighted by atomic mass is 79.9. The van der Waals surface area contributed by atoms with E-state index in [4.69, 9.17) is 27.1 Å². The third-order valence-corrected chi connectivity index (χ3v) is 7.03. The highest BCUT2D eigenvalue weighted by molar-refractivity contribution is 9.10. The summed E-state index contributed by atoms with van der Waals surface area (Å²) in [5.74, 6) is -0.364. The van der Waals surface area contributed by atoms with Gasteiger partial charge in [0.1, 0.15) is 11.8 Å². The Labute approximate surface area is 245 Å². The van der Waals surface area contributed by atoms with E-state index in [9.17, 15) is 14.7 Å². The van der Waals surface area contributed by atoms with E-state index in [1.165, 1.54) is 0 Å². The molecule has 2 aromatic carbocycles. The minimum atomic E-state index is -1.05. The number of carbonyl (C=O) groups excluding carboxylic acids is 2. The number of nitrogens with one attached hydrogen (secondary N) is 2. The molecule has 0 unspecified atom stereocenters. The lowest BCUT2D eigenvalue weighted by molar-refractivity contribution is -0.123. The number of ether oxygens (including phenoxy) is 1. The first kappa shape index (κ1) is 29.5. The largest absolute Gasteiger partial charge is 0.489 e. The lowest BCUT2D eigenvalue weighted by Crippen LogP contribution is -2.49. The molecule has 0 saturated heterocycles. The number of nitrogens with two attached hydrogens (primary N) is 1. The Morgan fingerprint density at radius 2 is 1.93 bits per heavy atom. The first-order chi connectivity index (χ1) is 19.1. The van der Waals surface area contributed by atoms with Crippen LogP contribution in [0.3, 0.4) is 0 Å². The van der Waals surface area contributed by atoms with Crippen molar-refractivity contribution in [3.63, 3.8) is 0 Å². The van der Waals surface area contributed by atoms with Gasteiger partial charge in [0.05, 0.1) is 33.9 Å². The summed E-state index contributed by atoms with van der Waals surface area (Å²) >= 11 is 9.86. The molecule has 11 heteroatoms. The number of halogens is 2. The van der Waals surface area contributed by atoms with Gasteiger partial charge < -0.3 is 30.6 Å². The molecule has 0 aliphatic carbocycles. The van der Waals surface area contributed by atoms with Gasteiger partial charge in [-0.3, -0.25) is 9.59 Å². The van der Waals surface area contributed by atoms with Gasteiger partial charge in [-0.1, -0.05) is 35.9 Å². The van der Waals surface area contributed by atoms with Crippen LogP contribution in [0.25, 0.3) is 16.9 Å². The van der Waals surface area contributed by atoms with Crippen molar-refractivity contribution in [3.8, 4) is 17.0 Å². The van der Waals surface area contributed by atoms with Crippen LogP contribution < -0.4 is 21.1 Å². The Bertz CT molecular complexity index is 1490. The number of hydrogen-bond acceptors (Lipinski definition) is 6. The number of aromatic nitrogens is 2. The van der Waals surface area contributed by atoms with Crippen molar-refractivity contribution in [1.82, 2.24) is 20.0 Å². The summed E-state index contributed by atoms with van der Waals surface area (Å²) < 4.78 is 8.51. The average molecular weight is 629 g/mol. The number of amides is 2. The molecular formula is C29H31BrClN5O4. The maximum Gasteiger partial charge on any atom is 0.251 e. The molecule has 2 aromatic heterocycles. The molecule has 2 amide bonds. The zero-order valence-corrected chi connectivity index (χ0v) is 24.4. The lowest BCUT2D eigenvalue weighted by atomic mass is 10.0. The zero-order chi connectivity index (χ0) is 28.8. The van der Waals surface area contributed by atoms with Gasteiger partial charge in [0.25, 0.3) is 5.91 Å². The van der Waals surface area contributed by atoms with E-state index in [1.54, 1.807) is 18.2 Å². The van der Waals surface area contributed by atoms with Crippen LogP contribution in [0.4, 0.5) is 0 Å². The number of fused-ring (bicyclic) bond motifs is 1. The van der Waals surface area contributed by atoms with Crippen molar-refractivity contribution in [3.05, 3.63) is 87.6 Å². The fraction of sp³-hybridized carbons (Fsp3) is 0.276. The second kappa shape index (κ2) is 13.3. The average Bonchev–Trinajstić information content (AvgIpc) is 3.38. The van der Waals surface area contributed by atoms with E-state index >= 15 is 0 Å². The predicted octanol–water partition coefficient (Wildman–Crippen LogP) is 3.98. The molecule has 0 radical (unpaired) electrons. The van der Waals surface area contributed by atoms with Gasteiger partial charge in [-0.15, -0.1) is 0 Å². The molecule has 0 spiro atoms. The molecular weight excluding hydrogens is 598 g/mol. The third kappa shape index (κ3) is 7.39. The Balaban J connectivity index is 1.50. The van der Waals surface area contributed by atoms with Gasteiger partial charge in [-0.2, -0.15) is 0 Å². The van der Waals surface area contributed by atoms with Gasteiger partial charge in [0, 0.05) is 30.1 Å². The number of hydrogen-bond donors (Lipinski definition) is 4. The SMILES string of the molecule is CC(C)Oc1ccc(C(=O)N[C@H](CNC(=O)[C@H](N)CO)Cc2ccc(-c3cn4cccc(Br)c4n3)cc2)cc1Cl. The number of rotatable bonds is 11. The van der Waals surface area contributed by atoms with Crippen molar-refractivity contribution in [2.45, 2.75) is 38.5 Å². The van der Waals surface area contributed by atoms with Crippen LogP contribution in [-0.4, -0.2) is 57.6 Å². The summed E-state index contributed by atoms with van der Waals surface area (Å²) in [7, 11) is 0. The minimum absolute atomic E-state index is 0.0589. The van der Waals surface area contributed by atoms with Crippen molar-refractivity contribution in [2.75, 3.05) is 13.2 Å². The van der Waals surface area contributed by atoms with Gasteiger partial charge in [-0.05, 0) is 72.1 Å². The fourth-order valence-electron chi connectivity index (χ4n) is 4.09. The third-order valence-electron chi connectivity index (χ3n) is 6.12. The maximum atomic E-state index is 13.1. The smallest absolute Gasteiger partial charge is 0.251 e. The summed E-state index contributed by atoms with van der Waals surface area (Å²) in [6.45, 7) is 3.42. The van der Waals surface area contributed by atoms with E-state index in [2.05, 4.69) is 26.6 Å². The monoisotopic (exact) mass is 627 g/mol. The molecule has 210 valence electrons. The standard InChI is InChI=1S/C29H31BrClN5O4/c1-17(2)40-26-10-9-20(13-23(26)31)28(38)34-21(14-33-29(39)24(32)16-37)12-18-5-7-19(8-6-18)25-15-36-11-3-4-22(30)27(36)35-25/h3-11,13,15,17,21,24,37H,12,14,16,32H2,1-2H3,(H,33,39)(H,34,38)/t21-,24+/m0/s1. The number of nitrogens with zero attached hydrogens (tertiary/aromatic N) is 2. The molecule has 0 saturated carbocycles. The quantitative estimate of drug-likeness (QED) is 0.199. The lowest BCUT2D eigenvalue weighted by Gasteiger charge is -2.21.